The minimum Gasteiger partial charge on any atom is -0.505 e. The van der Waals surface area contributed by atoms with Gasteiger partial charge in [-0.15, -0.1) is 0 Å². The van der Waals surface area contributed by atoms with Gasteiger partial charge in [-0.3, -0.25) is 4.79 Å². The summed E-state index contributed by atoms with van der Waals surface area (Å²) in [7, 11) is 1.26. The maximum atomic E-state index is 13.9. The van der Waals surface area contributed by atoms with Crippen molar-refractivity contribution in [1.82, 2.24) is 0 Å². The average Bonchev–Trinajstić information content (AvgIpc) is 3.32. The average molecular weight is 1060 g/mol. The Balaban J connectivity index is 1.61. The third-order valence-corrected chi connectivity index (χ3v) is 13.8. The first kappa shape index (κ1) is 60.7. The number of rotatable bonds is 13. The van der Waals surface area contributed by atoms with E-state index in [-0.39, 0.29) is 35.4 Å². The largest absolute Gasteiger partial charge is 0.505 e. The van der Waals surface area contributed by atoms with E-state index < -0.39 is 144 Å². The van der Waals surface area contributed by atoms with Crippen LogP contribution in [0.2, 0.25) is 10.0 Å². The number of ether oxygens (including phenoxy) is 8. The lowest BCUT2D eigenvalue weighted by atomic mass is 9.88. The molecule has 1 aromatic carbocycles. The van der Waals surface area contributed by atoms with Gasteiger partial charge in [0, 0.05) is 19.4 Å². The van der Waals surface area contributed by atoms with E-state index in [1.165, 1.54) is 33.1 Å². The van der Waals surface area contributed by atoms with Crippen LogP contribution in [-0.2, 0) is 53.9 Å². The quantitative estimate of drug-likeness (QED) is 0.0655. The maximum Gasteiger partial charge on any atom is 0.342 e. The Morgan fingerprint density at radius 3 is 2.17 bits per heavy atom. The van der Waals surface area contributed by atoms with Crippen molar-refractivity contribution in [2.24, 2.45) is 11.8 Å². The topological polar surface area (TPSA) is 267 Å². The standard InChI is InChI=1S/C52H74Cl2O18/c1-13-30-22-26(6)33(56)18-16-15-17-31(23-66-51-45(65-12)42(61)44(29(9)67-51)69-49(64)35-32(14-2)36(53)39(58)37(54)38(35)57)48(63)68-34(28(8)55)20-19-25(5)21-27(7)43(30)70-50-41(60)40(59)46(52(10,11)72-50)71-47(62)24(3)4/h15-17,19,21-22,24,28-30,33-34,40-46,50-51,55-61H,13-14,18,20,23H2,1-12H3/b16-15+,25-19+,26-22-,27-21+,31-17-/t28-,29-,30?,33-,34+,40-,41+,42+,43+,44-,45+,46+,50-,51-/m1/s1. The smallest absolute Gasteiger partial charge is 0.342 e. The summed E-state index contributed by atoms with van der Waals surface area (Å²) in [6.07, 6.45) is -5.45. The zero-order valence-corrected chi connectivity index (χ0v) is 44.5. The molecule has 1 unspecified atom stereocenters. The molecule has 1 aromatic rings. The van der Waals surface area contributed by atoms with Crippen LogP contribution in [0.5, 0.6) is 11.5 Å². The summed E-state index contributed by atoms with van der Waals surface area (Å²) in [5, 5.41) is 76.5. The lowest BCUT2D eigenvalue weighted by Gasteiger charge is -2.47. The molecule has 3 heterocycles. The van der Waals surface area contributed by atoms with Crippen LogP contribution in [0, 0.1) is 11.8 Å². The van der Waals surface area contributed by atoms with Crippen LogP contribution >= 0.6 is 23.2 Å². The van der Waals surface area contributed by atoms with Gasteiger partial charge in [-0.1, -0.05) is 86.9 Å². The molecule has 20 heteroatoms. The Kier molecular flexibility index (Phi) is 22.4. The third-order valence-electron chi connectivity index (χ3n) is 13.0. The number of cyclic esters (lactones) is 1. The molecule has 2 saturated heterocycles. The Morgan fingerprint density at radius 2 is 1.57 bits per heavy atom. The van der Waals surface area contributed by atoms with Crippen LogP contribution < -0.4 is 0 Å². The fraction of sp³-hybridized carbons (Fsp3) is 0.635. The molecule has 2 fully saturated rings. The Bertz CT molecular complexity index is 2220. The first-order valence-corrected chi connectivity index (χ1v) is 24.9. The van der Waals surface area contributed by atoms with Crippen LogP contribution in [0.1, 0.15) is 111 Å². The number of aliphatic hydroxyl groups excluding tert-OH is 5. The van der Waals surface area contributed by atoms with Crippen molar-refractivity contribution in [1.29, 1.82) is 0 Å². The molecule has 3 aliphatic rings. The van der Waals surface area contributed by atoms with Crippen molar-refractivity contribution in [3.05, 3.63) is 79.9 Å². The molecule has 0 radical (unpaired) electrons. The first-order chi connectivity index (χ1) is 33.7. The van der Waals surface area contributed by atoms with E-state index in [1.54, 1.807) is 53.7 Å². The summed E-state index contributed by atoms with van der Waals surface area (Å²) >= 11 is 12.3. The number of carbonyl (C=O) groups is 3. The number of benzene rings is 1. The molecule has 4 rings (SSSR count). The second kappa shape index (κ2) is 26.5. The monoisotopic (exact) mass is 1060 g/mol. The normalized spacial score (nSPS) is 34.8. The van der Waals surface area contributed by atoms with Crippen molar-refractivity contribution >= 4 is 41.1 Å². The number of halogens is 2. The van der Waals surface area contributed by atoms with E-state index in [0.29, 0.717) is 23.1 Å². The van der Waals surface area contributed by atoms with Crippen LogP contribution in [0.3, 0.4) is 0 Å². The van der Waals surface area contributed by atoms with Crippen LogP contribution in [0.4, 0.5) is 0 Å². The SMILES string of the molecule is CCc1c(Cl)c(O)c(Cl)c(O)c1C(=O)O[C@H]1[C@H](O)[C@H](OC)[C@H](OC/C2=C/C=C/C[C@@H](O)/C(C)=C\C(CC)[C@@H](O[C@@H]3OC(C)(C)[C@@H](OC(=O)C(C)C)[C@H](O)[C@@H]3O)/C(C)=C/C(C)=C/C[C@@H]([C@@H](C)O)OC2=O)O[C@@H]1C. The van der Waals surface area contributed by atoms with E-state index >= 15 is 0 Å². The summed E-state index contributed by atoms with van der Waals surface area (Å²) in [6.45, 7) is 18.1. The summed E-state index contributed by atoms with van der Waals surface area (Å²) in [5.41, 5.74) is 0.318. The summed E-state index contributed by atoms with van der Waals surface area (Å²) in [5.74, 6) is -4.78. The minimum atomic E-state index is -1.61. The van der Waals surface area contributed by atoms with E-state index in [9.17, 15) is 50.1 Å². The Hall–Kier alpha value is -3.89. The molecular formula is C52H74Cl2O18. The number of aromatic hydroxyl groups is 2. The number of allylic oxidation sites excluding steroid dienone is 4. The van der Waals surface area contributed by atoms with E-state index in [0.717, 1.165) is 0 Å². The van der Waals surface area contributed by atoms with Gasteiger partial charge in [0.15, 0.2) is 36.3 Å². The van der Waals surface area contributed by atoms with Gasteiger partial charge in [0.2, 0.25) is 0 Å². The minimum absolute atomic E-state index is 0.0372. The van der Waals surface area contributed by atoms with Gasteiger partial charge in [-0.05, 0) is 90.5 Å². The highest BCUT2D eigenvalue weighted by Crippen LogP contribution is 2.45. The molecule has 3 aliphatic heterocycles. The van der Waals surface area contributed by atoms with Crippen molar-refractivity contribution in [3.8, 4) is 11.5 Å². The molecule has 0 amide bonds. The summed E-state index contributed by atoms with van der Waals surface area (Å²) in [4.78, 5) is 40.0. The lowest BCUT2D eigenvalue weighted by Crippen LogP contribution is -2.64. The highest BCUT2D eigenvalue weighted by Gasteiger charge is 2.53. The fourth-order valence-corrected chi connectivity index (χ4v) is 9.16. The van der Waals surface area contributed by atoms with Crippen molar-refractivity contribution in [2.45, 2.75) is 187 Å². The summed E-state index contributed by atoms with van der Waals surface area (Å²) in [6, 6.07) is 0. The maximum absolute atomic E-state index is 13.9. The first-order valence-electron chi connectivity index (χ1n) is 24.2. The highest BCUT2D eigenvalue weighted by atomic mass is 35.5. The van der Waals surface area contributed by atoms with Crippen molar-refractivity contribution < 1.29 is 88.0 Å². The van der Waals surface area contributed by atoms with Gasteiger partial charge in [0.1, 0.15) is 46.7 Å². The second-order valence-corrected chi connectivity index (χ2v) is 20.1. The predicted molar refractivity (Wildman–Crippen MR) is 265 cm³/mol. The molecule has 72 heavy (non-hydrogen) atoms. The molecular weight excluding hydrogens is 983 g/mol. The van der Waals surface area contributed by atoms with Gasteiger partial charge in [0.25, 0.3) is 0 Å². The van der Waals surface area contributed by atoms with Crippen LogP contribution in [0.25, 0.3) is 0 Å². The van der Waals surface area contributed by atoms with Gasteiger partial charge in [-0.2, -0.15) is 0 Å². The molecule has 0 aromatic heterocycles. The van der Waals surface area contributed by atoms with Crippen LogP contribution in [0.15, 0.2) is 58.7 Å². The number of esters is 3. The van der Waals surface area contributed by atoms with Crippen molar-refractivity contribution in [3.63, 3.8) is 0 Å². The van der Waals surface area contributed by atoms with E-state index in [2.05, 4.69) is 0 Å². The summed E-state index contributed by atoms with van der Waals surface area (Å²) < 4.78 is 47.5. The van der Waals surface area contributed by atoms with Crippen molar-refractivity contribution in [2.75, 3.05) is 13.7 Å². The molecule has 0 saturated carbocycles. The van der Waals surface area contributed by atoms with E-state index in [1.807, 2.05) is 32.9 Å². The molecule has 0 bridgehead atoms. The number of hydrogen-bond donors (Lipinski definition) is 7. The molecule has 0 spiro atoms. The van der Waals surface area contributed by atoms with E-state index in [4.69, 9.17) is 61.1 Å². The van der Waals surface area contributed by atoms with Gasteiger partial charge < -0.3 is 73.6 Å². The number of aliphatic hydroxyl groups is 5. The molecule has 14 atom stereocenters. The highest BCUT2D eigenvalue weighted by molar-refractivity contribution is 6.39. The lowest BCUT2D eigenvalue weighted by molar-refractivity contribution is -0.333. The second-order valence-electron chi connectivity index (χ2n) is 19.4. The van der Waals surface area contributed by atoms with Crippen LogP contribution in [-0.4, -0.2) is 153 Å². The number of hydrogen-bond acceptors (Lipinski definition) is 18. The van der Waals surface area contributed by atoms with Gasteiger partial charge in [-0.25, -0.2) is 9.59 Å². The molecule has 0 aliphatic carbocycles. The number of phenols is 2. The number of carbonyl (C=O) groups excluding carboxylic acids is 3. The van der Waals surface area contributed by atoms with Gasteiger partial charge in [0.05, 0.1) is 47.5 Å². The molecule has 18 nitrogen and oxygen atoms in total. The number of methoxy groups -OCH3 is 1. The third kappa shape index (κ3) is 14.7. The zero-order valence-electron chi connectivity index (χ0n) is 43.0. The predicted octanol–water partition coefficient (Wildman–Crippen LogP) is 6.23. The Morgan fingerprint density at radius 1 is 0.903 bits per heavy atom. The molecule has 7 N–H and O–H groups in total. The Labute approximate surface area is 431 Å². The molecule has 404 valence electrons. The zero-order chi connectivity index (χ0) is 54.1. The number of phenolic OH excluding ortho intramolecular Hbond substituents is 2. The van der Waals surface area contributed by atoms with Gasteiger partial charge >= 0.3 is 17.9 Å². The fourth-order valence-electron chi connectivity index (χ4n) is 8.60.